The first-order valence-corrected chi connectivity index (χ1v) is 9.36. The van der Waals surface area contributed by atoms with Crippen molar-refractivity contribution < 1.29 is 19.2 Å². The molecular weight excluding hydrogens is 362 g/mol. The van der Waals surface area contributed by atoms with Crippen molar-refractivity contribution in [3.63, 3.8) is 0 Å². The maximum Gasteiger partial charge on any atom is 0.298 e. The zero-order valence-corrected chi connectivity index (χ0v) is 15.8. The van der Waals surface area contributed by atoms with E-state index >= 15 is 0 Å². The number of thiazole rings is 1. The molecule has 0 radical (unpaired) electrons. The number of rotatable bonds is 6. The number of para-hydroxylation sites is 1. The van der Waals surface area contributed by atoms with Crippen LogP contribution in [0, 0.1) is 0 Å². The van der Waals surface area contributed by atoms with Crippen molar-refractivity contribution in [2.24, 2.45) is 0 Å². The molecule has 0 fully saturated rings. The fraction of sp³-hybridized carbons (Fsp3) is 0.412. The molecule has 0 atom stereocenters. The third kappa shape index (κ3) is 4.23. The van der Waals surface area contributed by atoms with E-state index in [4.69, 9.17) is 21.1 Å². The molecule has 3 rings (SSSR count). The minimum atomic E-state index is -0.233. The minimum absolute atomic E-state index is 0.216. The highest BCUT2D eigenvalue weighted by Crippen LogP contribution is 2.33. The lowest BCUT2D eigenvalue weighted by atomic mass is 10.3. The monoisotopic (exact) mass is 382 g/mol. The molecule has 8 heteroatoms. The number of nitrogens with zero attached hydrogens (tertiary/aromatic N) is 2. The second kappa shape index (κ2) is 8.03. The number of nitrogens with one attached hydrogen (secondary N) is 1. The standard InChI is InChI=1S/C17H20ClN3O3S/c1-20(2)7-4-8-21(16(22)13-11-23-9-10-24-13)17-19-15-12(18)5-3-6-14(15)25-17/h3,5-6,11H,4,7-10H2,1-2H3/p+1. The molecule has 1 N–H and O–H groups in total. The highest BCUT2D eigenvalue weighted by molar-refractivity contribution is 7.22. The summed E-state index contributed by atoms with van der Waals surface area (Å²) in [5, 5.41) is 1.21. The molecule has 1 aliphatic heterocycles. The Morgan fingerprint density at radius 3 is 2.92 bits per heavy atom. The van der Waals surface area contributed by atoms with Crippen LogP contribution in [0.25, 0.3) is 10.2 Å². The predicted octanol–water partition coefficient (Wildman–Crippen LogP) is 1.71. The molecule has 1 aromatic carbocycles. The van der Waals surface area contributed by atoms with Crippen LogP contribution in [0.1, 0.15) is 6.42 Å². The Labute approximate surface area is 155 Å². The maximum absolute atomic E-state index is 12.9. The lowest BCUT2D eigenvalue weighted by molar-refractivity contribution is -0.858. The van der Waals surface area contributed by atoms with Gasteiger partial charge in [-0.3, -0.25) is 9.69 Å². The van der Waals surface area contributed by atoms with Gasteiger partial charge in [0.15, 0.2) is 5.13 Å². The molecule has 2 aromatic rings. The number of halogens is 1. The molecule has 6 nitrogen and oxygen atoms in total. The molecule has 1 amide bonds. The Bertz CT molecular complexity index is 791. The second-order valence-electron chi connectivity index (χ2n) is 6.05. The van der Waals surface area contributed by atoms with Gasteiger partial charge in [0.25, 0.3) is 5.91 Å². The van der Waals surface area contributed by atoms with Crippen molar-refractivity contribution in [1.82, 2.24) is 4.98 Å². The van der Waals surface area contributed by atoms with Gasteiger partial charge in [-0.2, -0.15) is 0 Å². The summed E-state index contributed by atoms with van der Waals surface area (Å²) in [6, 6.07) is 5.64. The first kappa shape index (κ1) is 18.0. The number of benzene rings is 1. The molecule has 0 saturated heterocycles. The highest BCUT2D eigenvalue weighted by atomic mass is 35.5. The quantitative estimate of drug-likeness (QED) is 0.826. The molecule has 0 aliphatic carbocycles. The maximum atomic E-state index is 12.9. The van der Waals surface area contributed by atoms with Crippen molar-refractivity contribution >= 4 is 44.2 Å². The van der Waals surface area contributed by atoms with Gasteiger partial charge in [0.05, 0.1) is 30.4 Å². The molecule has 134 valence electrons. The largest absolute Gasteiger partial charge is 0.494 e. The van der Waals surface area contributed by atoms with E-state index in [1.165, 1.54) is 22.5 Å². The fourth-order valence-corrected chi connectivity index (χ4v) is 3.80. The van der Waals surface area contributed by atoms with E-state index in [0.29, 0.717) is 29.9 Å². The van der Waals surface area contributed by atoms with Gasteiger partial charge in [-0.15, -0.1) is 0 Å². The SMILES string of the molecule is C[NH+](C)CCCN(C(=O)C1=COCCO1)c1nc2c(Cl)cccc2s1. The number of quaternary nitrogens is 1. The van der Waals surface area contributed by atoms with Gasteiger partial charge in [0.2, 0.25) is 5.76 Å². The van der Waals surface area contributed by atoms with Gasteiger partial charge in [0.1, 0.15) is 25.0 Å². The van der Waals surface area contributed by atoms with E-state index in [2.05, 4.69) is 19.1 Å². The zero-order chi connectivity index (χ0) is 17.8. The number of aromatic nitrogens is 1. The number of carbonyl (C=O) groups is 1. The van der Waals surface area contributed by atoms with Crippen LogP contribution in [0.3, 0.4) is 0 Å². The van der Waals surface area contributed by atoms with Gasteiger partial charge in [0, 0.05) is 13.0 Å². The lowest BCUT2D eigenvalue weighted by Gasteiger charge is -2.23. The number of amides is 1. The van der Waals surface area contributed by atoms with Crippen molar-refractivity contribution in [2.45, 2.75) is 6.42 Å². The first-order valence-electron chi connectivity index (χ1n) is 8.17. The summed E-state index contributed by atoms with van der Waals surface area (Å²) in [7, 11) is 4.18. The number of anilines is 1. The number of hydrogen-bond donors (Lipinski definition) is 1. The van der Waals surface area contributed by atoms with Gasteiger partial charge < -0.3 is 14.4 Å². The van der Waals surface area contributed by atoms with Crippen molar-refractivity contribution in [2.75, 3.05) is 45.3 Å². The Morgan fingerprint density at radius 1 is 1.40 bits per heavy atom. The molecule has 1 aliphatic rings. The van der Waals surface area contributed by atoms with E-state index in [1.54, 1.807) is 11.0 Å². The van der Waals surface area contributed by atoms with Crippen LogP contribution in [-0.2, 0) is 14.3 Å². The third-order valence-electron chi connectivity index (χ3n) is 3.75. The topological polar surface area (TPSA) is 56.1 Å². The first-order chi connectivity index (χ1) is 12.1. The predicted molar refractivity (Wildman–Crippen MR) is 99.3 cm³/mol. The van der Waals surface area contributed by atoms with Crippen molar-refractivity contribution in [3.8, 4) is 0 Å². The summed E-state index contributed by atoms with van der Waals surface area (Å²) >= 11 is 7.68. The minimum Gasteiger partial charge on any atom is -0.494 e. The molecule has 0 bridgehead atoms. The van der Waals surface area contributed by atoms with E-state index in [9.17, 15) is 4.79 Å². The normalized spacial score (nSPS) is 14.2. The fourth-order valence-electron chi connectivity index (χ4n) is 2.51. The number of fused-ring (bicyclic) bond motifs is 1. The van der Waals surface area contributed by atoms with E-state index in [-0.39, 0.29) is 11.7 Å². The summed E-state index contributed by atoms with van der Waals surface area (Å²) in [6.45, 7) is 2.34. The number of carbonyl (C=O) groups excluding carboxylic acids is 1. The molecular formula is C17H21ClN3O3S+. The van der Waals surface area contributed by atoms with Crippen LogP contribution >= 0.6 is 22.9 Å². The average Bonchev–Trinajstić information content (AvgIpc) is 3.04. The van der Waals surface area contributed by atoms with Gasteiger partial charge >= 0.3 is 0 Å². The smallest absolute Gasteiger partial charge is 0.298 e. The zero-order valence-electron chi connectivity index (χ0n) is 14.3. The van der Waals surface area contributed by atoms with E-state index in [0.717, 1.165) is 23.2 Å². The third-order valence-corrected chi connectivity index (χ3v) is 5.10. The van der Waals surface area contributed by atoms with Crippen molar-refractivity contribution in [1.29, 1.82) is 0 Å². The molecule has 0 unspecified atom stereocenters. The van der Waals surface area contributed by atoms with Crippen LogP contribution in [0.2, 0.25) is 5.02 Å². The highest BCUT2D eigenvalue weighted by Gasteiger charge is 2.26. The lowest BCUT2D eigenvalue weighted by Crippen LogP contribution is -3.05. The van der Waals surface area contributed by atoms with E-state index < -0.39 is 0 Å². The number of ether oxygens (including phenoxy) is 2. The van der Waals surface area contributed by atoms with Gasteiger partial charge in [-0.25, -0.2) is 4.98 Å². The van der Waals surface area contributed by atoms with Gasteiger partial charge in [-0.05, 0) is 12.1 Å². The van der Waals surface area contributed by atoms with Crippen LogP contribution in [0.15, 0.2) is 30.2 Å². The Kier molecular flexibility index (Phi) is 5.78. The van der Waals surface area contributed by atoms with Crippen molar-refractivity contribution in [3.05, 3.63) is 35.2 Å². The second-order valence-corrected chi connectivity index (χ2v) is 7.47. The Balaban J connectivity index is 1.89. The molecule has 1 aromatic heterocycles. The molecule has 0 saturated carbocycles. The van der Waals surface area contributed by atoms with Crippen LogP contribution in [0.5, 0.6) is 0 Å². The summed E-state index contributed by atoms with van der Waals surface area (Å²) in [5.74, 6) is -0.0163. The Hall–Kier alpha value is -1.83. The Morgan fingerprint density at radius 2 is 2.24 bits per heavy atom. The summed E-state index contributed by atoms with van der Waals surface area (Å²) in [4.78, 5) is 20.5. The summed E-state index contributed by atoms with van der Waals surface area (Å²) in [6.07, 6.45) is 2.24. The van der Waals surface area contributed by atoms with Crippen LogP contribution in [0.4, 0.5) is 5.13 Å². The average molecular weight is 383 g/mol. The van der Waals surface area contributed by atoms with E-state index in [1.807, 2.05) is 12.1 Å². The van der Waals surface area contributed by atoms with Crippen LogP contribution < -0.4 is 9.80 Å². The summed E-state index contributed by atoms with van der Waals surface area (Å²) in [5.41, 5.74) is 0.718. The molecule has 25 heavy (non-hydrogen) atoms. The molecule has 2 heterocycles. The molecule has 0 spiro atoms. The van der Waals surface area contributed by atoms with Gasteiger partial charge in [-0.1, -0.05) is 29.0 Å². The number of hydrogen-bond acceptors (Lipinski definition) is 5. The summed E-state index contributed by atoms with van der Waals surface area (Å²) < 4.78 is 11.6. The van der Waals surface area contributed by atoms with Crippen LogP contribution in [-0.4, -0.2) is 51.3 Å².